The van der Waals surface area contributed by atoms with Gasteiger partial charge in [0.05, 0.1) is 18.6 Å². The van der Waals surface area contributed by atoms with Crippen LogP contribution < -0.4 is 0 Å². The van der Waals surface area contributed by atoms with Crippen molar-refractivity contribution in [2.45, 2.75) is 26.4 Å². The fraction of sp³-hybridized carbons (Fsp3) is 0.444. The molecule has 3 nitrogen and oxygen atoms in total. The Kier molecular flexibility index (Phi) is 7.03. The van der Waals surface area contributed by atoms with Crippen molar-refractivity contribution in [3.8, 4) is 0 Å². The summed E-state index contributed by atoms with van der Waals surface area (Å²) in [4.78, 5) is 9.55. The molecule has 0 bridgehead atoms. The van der Waals surface area contributed by atoms with Crippen molar-refractivity contribution in [2.75, 3.05) is 0 Å². The normalized spacial score (nSPS) is 10.8. The van der Waals surface area contributed by atoms with E-state index in [9.17, 15) is 4.79 Å². The standard InChI is InChI=1S/C5H10O2.C4H4O/c1-3-5(2)7-4-6;1-2-4-5-3-1/h4-5H,3H2,1-2H3;1-4H. The molecule has 0 spiro atoms. The average molecular weight is 170 g/mol. The van der Waals surface area contributed by atoms with Crippen LogP contribution in [0.3, 0.4) is 0 Å². The zero-order chi connectivity index (χ0) is 9.23. The largest absolute Gasteiger partial charge is 0.473 e. The number of carbonyl (C=O) groups excluding carboxylic acids is 1. The molecule has 12 heavy (non-hydrogen) atoms. The number of hydrogen-bond acceptors (Lipinski definition) is 3. The maximum absolute atomic E-state index is 9.55. The van der Waals surface area contributed by atoms with Crippen molar-refractivity contribution in [1.82, 2.24) is 0 Å². The first-order chi connectivity index (χ1) is 5.81. The predicted molar refractivity (Wildman–Crippen MR) is 45.6 cm³/mol. The molecule has 0 aliphatic heterocycles. The molecular weight excluding hydrogens is 156 g/mol. The first-order valence-corrected chi connectivity index (χ1v) is 3.87. The van der Waals surface area contributed by atoms with E-state index in [0.29, 0.717) is 6.47 Å². The molecule has 3 heteroatoms. The Bertz CT molecular complexity index is 153. The van der Waals surface area contributed by atoms with Crippen molar-refractivity contribution in [3.63, 3.8) is 0 Å². The highest BCUT2D eigenvalue weighted by molar-refractivity contribution is 5.37. The third-order valence-corrected chi connectivity index (χ3v) is 1.29. The Balaban J connectivity index is 0.000000211. The zero-order valence-electron chi connectivity index (χ0n) is 7.40. The van der Waals surface area contributed by atoms with Crippen LogP contribution in [0.5, 0.6) is 0 Å². The van der Waals surface area contributed by atoms with E-state index in [1.165, 1.54) is 0 Å². The van der Waals surface area contributed by atoms with Crippen LogP contribution in [-0.4, -0.2) is 12.6 Å². The van der Waals surface area contributed by atoms with Gasteiger partial charge in [-0.05, 0) is 25.5 Å². The van der Waals surface area contributed by atoms with Crippen LogP contribution in [-0.2, 0) is 9.53 Å². The van der Waals surface area contributed by atoms with Crippen molar-refractivity contribution in [1.29, 1.82) is 0 Å². The molecule has 0 aliphatic rings. The molecule has 0 amide bonds. The van der Waals surface area contributed by atoms with Gasteiger partial charge in [-0.25, -0.2) is 0 Å². The summed E-state index contributed by atoms with van der Waals surface area (Å²) in [5.41, 5.74) is 0. The van der Waals surface area contributed by atoms with Gasteiger partial charge in [-0.3, -0.25) is 4.79 Å². The highest BCUT2D eigenvalue weighted by Crippen LogP contribution is 1.90. The maximum atomic E-state index is 9.55. The van der Waals surface area contributed by atoms with E-state index in [4.69, 9.17) is 0 Å². The third-order valence-electron chi connectivity index (χ3n) is 1.29. The van der Waals surface area contributed by atoms with Crippen LogP contribution in [0.25, 0.3) is 0 Å². The highest BCUT2D eigenvalue weighted by Gasteiger charge is 1.92. The molecule has 0 radical (unpaired) electrons. The Labute approximate surface area is 72.3 Å². The summed E-state index contributed by atoms with van der Waals surface area (Å²) >= 11 is 0. The van der Waals surface area contributed by atoms with Gasteiger partial charge in [0, 0.05) is 0 Å². The average Bonchev–Trinajstić information content (AvgIpc) is 2.62. The second kappa shape index (κ2) is 7.85. The van der Waals surface area contributed by atoms with Gasteiger partial charge in [-0.15, -0.1) is 0 Å². The van der Waals surface area contributed by atoms with Crippen LogP contribution in [0, 0.1) is 0 Å². The van der Waals surface area contributed by atoms with Gasteiger partial charge in [-0.2, -0.15) is 0 Å². The number of ether oxygens (including phenoxy) is 1. The predicted octanol–water partition coefficient (Wildman–Crippen LogP) is 2.24. The Morgan fingerprint density at radius 2 is 2.08 bits per heavy atom. The van der Waals surface area contributed by atoms with Crippen LogP contribution >= 0.6 is 0 Å². The smallest absolute Gasteiger partial charge is 0.293 e. The van der Waals surface area contributed by atoms with Crippen molar-refractivity contribution in [2.24, 2.45) is 0 Å². The van der Waals surface area contributed by atoms with Crippen LogP contribution in [0.2, 0.25) is 0 Å². The molecule has 1 unspecified atom stereocenters. The van der Waals surface area contributed by atoms with Gasteiger partial charge in [0.1, 0.15) is 0 Å². The molecule has 1 rings (SSSR count). The van der Waals surface area contributed by atoms with E-state index in [0.717, 1.165) is 6.42 Å². The molecule has 1 atom stereocenters. The van der Waals surface area contributed by atoms with Crippen LogP contribution in [0.15, 0.2) is 29.1 Å². The molecule has 0 saturated carbocycles. The molecular formula is C9H14O3. The first kappa shape index (κ1) is 10.8. The molecule has 0 aliphatic carbocycles. The van der Waals surface area contributed by atoms with E-state index in [1.54, 1.807) is 12.5 Å². The molecule has 0 N–H and O–H groups in total. The van der Waals surface area contributed by atoms with Gasteiger partial charge in [0.25, 0.3) is 6.47 Å². The quantitative estimate of drug-likeness (QED) is 0.653. The minimum atomic E-state index is 0.0810. The summed E-state index contributed by atoms with van der Waals surface area (Å²) in [5.74, 6) is 0. The molecule has 68 valence electrons. The van der Waals surface area contributed by atoms with E-state index < -0.39 is 0 Å². The lowest BCUT2D eigenvalue weighted by atomic mass is 10.3. The summed E-state index contributed by atoms with van der Waals surface area (Å²) in [5, 5.41) is 0. The summed E-state index contributed by atoms with van der Waals surface area (Å²) in [7, 11) is 0. The highest BCUT2D eigenvalue weighted by atomic mass is 16.5. The number of rotatable bonds is 3. The summed E-state index contributed by atoms with van der Waals surface area (Å²) in [6.07, 6.45) is 4.22. The summed E-state index contributed by atoms with van der Waals surface area (Å²) < 4.78 is 9.09. The van der Waals surface area contributed by atoms with E-state index in [1.807, 2.05) is 26.0 Å². The number of carbonyl (C=O) groups is 1. The van der Waals surface area contributed by atoms with Gasteiger partial charge in [-0.1, -0.05) is 6.92 Å². The fourth-order valence-electron chi connectivity index (χ4n) is 0.418. The lowest BCUT2D eigenvalue weighted by Gasteiger charge is -2.02. The molecule has 0 aromatic carbocycles. The molecule has 0 fully saturated rings. The van der Waals surface area contributed by atoms with Crippen molar-refractivity contribution in [3.05, 3.63) is 24.7 Å². The molecule has 1 aromatic heterocycles. The van der Waals surface area contributed by atoms with Crippen molar-refractivity contribution < 1.29 is 13.9 Å². The SMILES string of the molecule is CCC(C)OC=O.c1ccoc1. The second-order valence-corrected chi connectivity index (χ2v) is 2.24. The van der Waals surface area contributed by atoms with E-state index in [2.05, 4.69) is 9.15 Å². The minimum absolute atomic E-state index is 0.0810. The zero-order valence-corrected chi connectivity index (χ0v) is 7.40. The minimum Gasteiger partial charge on any atom is -0.473 e. The third kappa shape index (κ3) is 6.86. The first-order valence-electron chi connectivity index (χ1n) is 3.87. The maximum Gasteiger partial charge on any atom is 0.293 e. The van der Waals surface area contributed by atoms with Crippen LogP contribution in [0.1, 0.15) is 20.3 Å². The monoisotopic (exact) mass is 170 g/mol. The number of hydrogen-bond donors (Lipinski definition) is 0. The van der Waals surface area contributed by atoms with E-state index in [-0.39, 0.29) is 6.10 Å². The second-order valence-electron chi connectivity index (χ2n) is 2.24. The van der Waals surface area contributed by atoms with Gasteiger partial charge in [0.15, 0.2) is 0 Å². The summed E-state index contributed by atoms with van der Waals surface area (Å²) in [6.45, 7) is 4.30. The lowest BCUT2D eigenvalue weighted by molar-refractivity contribution is -0.132. The van der Waals surface area contributed by atoms with Gasteiger partial charge >= 0.3 is 0 Å². The Hall–Kier alpha value is -1.25. The fourth-order valence-corrected chi connectivity index (χ4v) is 0.418. The molecule has 1 aromatic rings. The molecule has 1 heterocycles. The van der Waals surface area contributed by atoms with E-state index >= 15 is 0 Å². The molecule has 0 saturated heterocycles. The topological polar surface area (TPSA) is 39.4 Å². The summed E-state index contributed by atoms with van der Waals surface area (Å²) in [6, 6.07) is 3.67. The Morgan fingerprint density at radius 3 is 2.25 bits per heavy atom. The lowest BCUT2D eigenvalue weighted by Crippen LogP contribution is -2.03. The Morgan fingerprint density at radius 1 is 1.50 bits per heavy atom. The van der Waals surface area contributed by atoms with Gasteiger partial charge in [0.2, 0.25) is 0 Å². The van der Waals surface area contributed by atoms with Gasteiger partial charge < -0.3 is 9.15 Å². The van der Waals surface area contributed by atoms with Crippen LogP contribution in [0.4, 0.5) is 0 Å². The number of furan rings is 1. The van der Waals surface area contributed by atoms with Crippen molar-refractivity contribution >= 4 is 6.47 Å².